The maximum atomic E-state index is 15.2. The summed E-state index contributed by atoms with van der Waals surface area (Å²) in [6.45, 7) is 3.05. The smallest absolute Gasteiger partial charge is 0.222 e. The Bertz CT molecular complexity index is 1500. The van der Waals surface area contributed by atoms with E-state index in [1.807, 2.05) is 12.4 Å². The lowest BCUT2D eigenvalue weighted by atomic mass is 9.75. The molecule has 39 heavy (non-hydrogen) atoms. The van der Waals surface area contributed by atoms with Gasteiger partial charge < -0.3 is 10.6 Å². The van der Waals surface area contributed by atoms with Crippen molar-refractivity contribution in [3.8, 4) is 11.3 Å². The van der Waals surface area contributed by atoms with Gasteiger partial charge in [0.05, 0.1) is 23.0 Å². The molecule has 4 aromatic rings. The molecule has 202 valence electrons. The van der Waals surface area contributed by atoms with E-state index in [1.165, 1.54) is 17.7 Å². The number of rotatable bonds is 6. The van der Waals surface area contributed by atoms with Crippen molar-refractivity contribution in [3.05, 3.63) is 83.1 Å². The molecule has 3 aromatic heterocycles. The van der Waals surface area contributed by atoms with Gasteiger partial charge in [-0.1, -0.05) is 6.92 Å². The molecule has 1 amide bonds. The Hall–Kier alpha value is -3.72. The molecule has 2 fully saturated rings. The van der Waals surface area contributed by atoms with Crippen LogP contribution in [0.3, 0.4) is 0 Å². The first-order chi connectivity index (χ1) is 18.9. The number of nitrogens with zero attached hydrogens (tertiary/aromatic N) is 5. The maximum Gasteiger partial charge on any atom is 0.222 e. The van der Waals surface area contributed by atoms with Gasteiger partial charge in [-0.3, -0.25) is 9.78 Å². The van der Waals surface area contributed by atoms with Crippen molar-refractivity contribution < 1.29 is 13.6 Å². The third-order valence-electron chi connectivity index (χ3n) is 8.07. The van der Waals surface area contributed by atoms with Gasteiger partial charge in [0.25, 0.3) is 0 Å². The molecule has 1 aliphatic carbocycles. The molecule has 7 nitrogen and oxygen atoms in total. The number of halogens is 2. The van der Waals surface area contributed by atoms with Crippen molar-refractivity contribution >= 4 is 11.4 Å². The first-order valence-electron chi connectivity index (χ1n) is 13.6. The largest absolute Gasteiger partial charge is 0.338 e. The molecule has 3 atom stereocenters. The van der Waals surface area contributed by atoms with Gasteiger partial charge >= 0.3 is 0 Å². The summed E-state index contributed by atoms with van der Waals surface area (Å²) in [7, 11) is 0. The zero-order valence-electron chi connectivity index (χ0n) is 22.0. The summed E-state index contributed by atoms with van der Waals surface area (Å²) in [5.41, 5.74) is 9.77. The van der Waals surface area contributed by atoms with E-state index in [4.69, 9.17) is 5.73 Å². The van der Waals surface area contributed by atoms with Gasteiger partial charge in [-0.15, -0.1) is 0 Å². The molecule has 1 saturated heterocycles. The molecular formula is C30H32F2N6O. The van der Waals surface area contributed by atoms with Crippen LogP contribution in [0.4, 0.5) is 8.78 Å². The first-order valence-corrected chi connectivity index (χ1v) is 13.6. The Labute approximate surface area is 226 Å². The molecule has 4 heterocycles. The number of aromatic nitrogens is 4. The summed E-state index contributed by atoms with van der Waals surface area (Å²) in [6.07, 6.45) is 10.2. The molecular weight excluding hydrogens is 498 g/mol. The van der Waals surface area contributed by atoms with Gasteiger partial charge in [0.1, 0.15) is 17.5 Å². The molecule has 6 rings (SSSR count). The summed E-state index contributed by atoms with van der Waals surface area (Å²) < 4.78 is 32.1. The van der Waals surface area contributed by atoms with E-state index in [9.17, 15) is 4.79 Å². The van der Waals surface area contributed by atoms with E-state index in [2.05, 4.69) is 28.1 Å². The molecule has 0 unspecified atom stereocenters. The maximum absolute atomic E-state index is 15.2. The standard InChI is InChI=1S/C30H32F2N6O/c1-18-9-20(13-22(33)10-18)24-6-7-34-15-21(24)14-28-35-16-23-4-5-27(36-38(23)28)30-25(31)11-19(12-26(30)32)17-37-8-2-3-29(37)39/h4-7,11-12,15-16,18,20,22H,2-3,8-10,13-14,17,33H2,1H3/t18-,20+,22-/m0/s1. The Balaban J connectivity index is 1.30. The van der Waals surface area contributed by atoms with Crippen LogP contribution < -0.4 is 5.73 Å². The SMILES string of the molecule is C[C@@H]1C[C@H](N)C[C@H](c2ccncc2Cc2ncc3ccc(-c4c(F)cc(CN5CCCC5=O)cc4F)nn23)C1. The molecule has 1 saturated carbocycles. The normalized spacial score (nSPS) is 21.7. The lowest BCUT2D eigenvalue weighted by Crippen LogP contribution is -2.31. The molecule has 2 N–H and O–H groups in total. The number of imidazole rings is 1. The Kier molecular flexibility index (Phi) is 6.85. The van der Waals surface area contributed by atoms with Gasteiger partial charge in [0.15, 0.2) is 0 Å². The van der Waals surface area contributed by atoms with Crippen LogP contribution in [0.2, 0.25) is 0 Å². The summed E-state index contributed by atoms with van der Waals surface area (Å²) in [6, 6.07) is 8.21. The number of nitrogens with two attached hydrogens (primary N) is 1. The van der Waals surface area contributed by atoms with Crippen molar-refractivity contribution in [2.24, 2.45) is 11.7 Å². The number of fused-ring (bicyclic) bond motifs is 1. The van der Waals surface area contributed by atoms with E-state index in [0.717, 1.165) is 36.8 Å². The second-order valence-electron chi connectivity index (χ2n) is 11.1. The van der Waals surface area contributed by atoms with Gasteiger partial charge in [-0.25, -0.2) is 18.3 Å². The zero-order valence-corrected chi connectivity index (χ0v) is 22.0. The van der Waals surface area contributed by atoms with Crippen molar-refractivity contribution in [2.75, 3.05) is 6.54 Å². The van der Waals surface area contributed by atoms with Crippen molar-refractivity contribution in [1.29, 1.82) is 0 Å². The molecule has 0 bridgehead atoms. The third-order valence-corrected chi connectivity index (χ3v) is 8.07. The second-order valence-corrected chi connectivity index (χ2v) is 11.1. The van der Waals surface area contributed by atoms with Crippen LogP contribution in [0.25, 0.3) is 16.8 Å². The zero-order chi connectivity index (χ0) is 27.1. The number of pyridine rings is 1. The van der Waals surface area contributed by atoms with E-state index in [-0.39, 0.29) is 29.8 Å². The van der Waals surface area contributed by atoms with Crippen LogP contribution in [0.1, 0.15) is 67.5 Å². The first kappa shape index (κ1) is 25.6. The lowest BCUT2D eigenvalue weighted by molar-refractivity contribution is -0.128. The topological polar surface area (TPSA) is 89.4 Å². The van der Waals surface area contributed by atoms with Gasteiger partial charge in [-0.2, -0.15) is 5.10 Å². The highest BCUT2D eigenvalue weighted by Crippen LogP contribution is 2.37. The molecule has 0 spiro atoms. The van der Waals surface area contributed by atoms with Crippen LogP contribution >= 0.6 is 0 Å². The fourth-order valence-electron chi connectivity index (χ4n) is 6.31. The van der Waals surface area contributed by atoms with Gasteiger partial charge in [0, 0.05) is 44.4 Å². The van der Waals surface area contributed by atoms with Gasteiger partial charge in [0.2, 0.25) is 5.91 Å². The van der Waals surface area contributed by atoms with Crippen LogP contribution in [-0.2, 0) is 17.8 Å². The summed E-state index contributed by atoms with van der Waals surface area (Å²) in [5, 5.41) is 4.60. The summed E-state index contributed by atoms with van der Waals surface area (Å²) in [5.74, 6) is 0.179. The second kappa shape index (κ2) is 10.4. The average Bonchev–Trinajstić information content (AvgIpc) is 3.49. The molecule has 2 aliphatic rings. The lowest BCUT2D eigenvalue weighted by Gasteiger charge is -2.32. The van der Waals surface area contributed by atoms with Crippen LogP contribution in [0, 0.1) is 17.6 Å². The number of carbonyl (C=O) groups excluding carboxylic acids is 1. The number of likely N-dealkylation sites (tertiary alicyclic amines) is 1. The van der Waals surface area contributed by atoms with E-state index in [0.29, 0.717) is 42.6 Å². The minimum atomic E-state index is -0.706. The van der Waals surface area contributed by atoms with Gasteiger partial charge in [-0.05, 0) is 84.5 Å². The quantitative estimate of drug-likeness (QED) is 0.378. The summed E-state index contributed by atoms with van der Waals surface area (Å²) in [4.78, 5) is 22.5. The fourth-order valence-corrected chi connectivity index (χ4v) is 6.31. The molecule has 0 radical (unpaired) electrons. The van der Waals surface area contributed by atoms with Crippen molar-refractivity contribution in [2.45, 2.75) is 64.0 Å². The van der Waals surface area contributed by atoms with Crippen LogP contribution in [-0.4, -0.2) is 43.0 Å². The van der Waals surface area contributed by atoms with E-state index >= 15 is 8.78 Å². The predicted molar refractivity (Wildman–Crippen MR) is 144 cm³/mol. The van der Waals surface area contributed by atoms with E-state index in [1.54, 1.807) is 27.7 Å². The molecule has 1 aromatic carbocycles. The Morgan fingerprint density at radius 1 is 1.08 bits per heavy atom. The highest BCUT2D eigenvalue weighted by molar-refractivity contribution is 5.78. The Morgan fingerprint density at radius 3 is 2.64 bits per heavy atom. The number of benzene rings is 1. The fraction of sp³-hybridized carbons (Fsp3) is 0.400. The molecule has 1 aliphatic heterocycles. The summed E-state index contributed by atoms with van der Waals surface area (Å²) >= 11 is 0. The van der Waals surface area contributed by atoms with E-state index < -0.39 is 11.6 Å². The number of carbonyl (C=O) groups is 1. The van der Waals surface area contributed by atoms with Crippen LogP contribution in [0.5, 0.6) is 0 Å². The minimum Gasteiger partial charge on any atom is -0.338 e. The van der Waals surface area contributed by atoms with Crippen molar-refractivity contribution in [1.82, 2.24) is 24.5 Å². The third kappa shape index (κ3) is 5.15. The number of amides is 1. The minimum absolute atomic E-state index is 0.0114. The monoisotopic (exact) mass is 530 g/mol. The molecule has 9 heteroatoms. The highest BCUT2D eigenvalue weighted by Gasteiger charge is 2.27. The van der Waals surface area contributed by atoms with Crippen LogP contribution in [0.15, 0.2) is 48.9 Å². The average molecular weight is 531 g/mol. The number of hydrogen-bond donors (Lipinski definition) is 1. The Morgan fingerprint density at radius 2 is 1.90 bits per heavy atom. The predicted octanol–water partition coefficient (Wildman–Crippen LogP) is 5.01. The highest BCUT2D eigenvalue weighted by atomic mass is 19.1. The number of hydrogen-bond acceptors (Lipinski definition) is 5. The van der Waals surface area contributed by atoms with Crippen molar-refractivity contribution in [3.63, 3.8) is 0 Å².